The Bertz CT molecular complexity index is 1360. The van der Waals surface area contributed by atoms with Crippen LogP contribution in [-0.2, 0) is 57.3 Å². The molecule has 3 amide bonds. The molecule has 0 fully saturated rings. The summed E-state index contributed by atoms with van der Waals surface area (Å²) >= 11 is 0. The number of carbonyl (C=O) groups excluding carboxylic acids is 6. The molecule has 66 heavy (non-hydrogen) atoms. The van der Waals surface area contributed by atoms with Crippen molar-refractivity contribution in [2.24, 2.45) is 17.8 Å². The maximum atomic E-state index is 12.4. The highest BCUT2D eigenvalue weighted by molar-refractivity contribution is 5.85. The lowest BCUT2D eigenvalue weighted by Gasteiger charge is -2.14. The van der Waals surface area contributed by atoms with Crippen LogP contribution in [0.5, 0.6) is 0 Å². The largest absolute Gasteiger partial charge is 0.481 e. The molecule has 0 aromatic heterocycles. The second-order valence-corrected chi connectivity index (χ2v) is 17.6. The molecular formula is C49H87N3O14. The normalized spacial score (nSPS) is 12.6. The Morgan fingerprint density at radius 2 is 0.985 bits per heavy atom. The van der Waals surface area contributed by atoms with Gasteiger partial charge < -0.3 is 45.1 Å². The average molecular weight is 942 g/mol. The Hall–Kier alpha value is -3.80. The van der Waals surface area contributed by atoms with Gasteiger partial charge in [0, 0.05) is 57.7 Å². The standard InChI is InChI=1S/C49H87N3O14/c1-5-40(39(4)53)21-18-19-27-50-46(57)36-66-34-32-64-30-28-51-47(58)37-65-33-31-63-29-20-23-41(54)25-26-44(49(61)62)52-45(56)24-17-15-13-11-9-7-6-8-10-12-14-16-22-42(55)35-43(38(2)3)48(59)60/h38,40,43-44H,5-37H2,1-4H3,(H,50,57)(H,51,58)(H,52,56)(H,59,60)(H,61,62)/t40?,43-,44?/m0/s1. The number of amides is 3. The maximum absolute atomic E-state index is 12.4. The molecule has 0 aromatic rings. The Balaban J connectivity index is 3.71. The topological polar surface area (TPSA) is 250 Å². The highest BCUT2D eigenvalue weighted by atomic mass is 16.5. The molecule has 0 saturated heterocycles. The van der Waals surface area contributed by atoms with E-state index >= 15 is 0 Å². The SMILES string of the molecule is CCC(CCCCNC(=O)COCCOCCNC(=O)COCCOCCCC(=O)CCC(NC(=O)CCCCCCCCCCCCCCC(=O)C[C@H](C(=O)O)C(C)C)C(=O)O)C(C)=O. The number of carbonyl (C=O) groups is 8. The van der Waals surface area contributed by atoms with Crippen molar-refractivity contribution >= 4 is 47.0 Å². The first-order valence-electron chi connectivity index (χ1n) is 24.8. The van der Waals surface area contributed by atoms with Crippen molar-refractivity contribution in [2.75, 3.05) is 65.9 Å². The third kappa shape index (κ3) is 38.3. The van der Waals surface area contributed by atoms with Gasteiger partial charge in [0.1, 0.15) is 36.6 Å². The van der Waals surface area contributed by atoms with Crippen LogP contribution in [0.4, 0.5) is 0 Å². The number of ether oxygens (including phenoxy) is 4. The summed E-state index contributed by atoms with van der Waals surface area (Å²) in [6, 6.07) is -1.12. The van der Waals surface area contributed by atoms with Gasteiger partial charge in [-0.1, -0.05) is 91.4 Å². The fourth-order valence-corrected chi connectivity index (χ4v) is 7.23. The van der Waals surface area contributed by atoms with Crippen LogP contribution >= 0.6 is 0 Å². The van der Waals surface area contributed by atoms with Gasteiger partial charge in [0.15, 0.2) is 0 Å². The van der Waals surface area contributed by atoms with Gasteiger partial charge in [-0.05, 0) is 57.8 Å². The fraction of sp³-hybridized carbons (Fsp3) is 0.837. The van der Waals surface area contributed by atoms with Gasteiger partial charge in [-0.2, -0.15) is 0 Å². The van der Waals surface area contributed by atoms with Crippen LogP contribution in [0, 0.1) is 17.8 Å². The third-order valence-electron chi connectivity index (χ3n) is 11.4. The molecule has 2 unspecified atom stereocenters. The van der Waals surface area contributed by atoms with Gasteiger partial charge in [0.05, 0.1) is 39.0 Å². The van der Waals surface area contributed by atoms with Crippen molar-refractivity contribution < 1.29 is 67.5 Å². The predicted molar refractivity (Wildman–Crippen MR) is 251 cm³/mol. The molecule has 17 nitrogen and oxygen atoms in total. The zero-order valence-corrected chi connectivity index (χ0v) is 40.9. The number of rotatable bonds is 48. The van der Waals surface area contributed by atoms with Crippen LogP contribution in [0.2, 0.25) is 0 Å². The predicted octanol–water partition coefficient (Wildman–Crippen LogP) is 6.55. The van der Waals surface area contributed by atoms with Crippen LogP contribution in [0.1, 0.15) is 175 Å². The zero-order valence-electron chi connectivity index (χ0n) is 40.9. The van der Waals surface area contributed by atoms with E-state index in [-0.39, 0.29) is 132 Å². The van der Waals surface area contributed by atoms with E-state index in [1.807, 2.05) is 20.8 Å². The molecule has 0 saturated carbocycles. The molecule has 3 atom stereocenters. The van der Waals surface area contributed by atoms with E-state index < -0.39 is 23.9 Å². The first-order chi connectivity index (χ1) is 31.7. The molecule has 0 heterocycles. The zero-order chi connectivity index (χ0) is 49.2. The molecule has 0 aliphatic carbocycles. The first kappa shape index (κ1) is 62.2. The Morgan fingerprint density at radius 3 is 1.50 bits per heavy atom. The monoisotopic (exact) mass is 942 g/mol. The van der Waals surface area contributed by atoms with E-state index in [9.17, 15) is 48.6 Å². The van der Waals surface area contributed by atoms with E-state index in [0.29, 0.717) is 32.4 Å². The number of ketones is 3. The number of aliphatic carboxylic acids is 2. The van der Waals surface area contributed by atoms with Crippen molar-refractivity contribution in [1.29, 1.82) is 0 Å². The number of unbranched alkanes of at least 4 members (excludes halogenated alkanes) is 12. The van der Waals surface area contributed by atoms with Crippen LogP contribution in [0.3, 0.4) is 0 Å². The maximum Gasteiger partial charge on any atom is 0.326 e. The molecule has 17 heteroatoms. The van der Waals surface area contributed by atoms with E-state index in [1.54, 1.807) is 6.92 Å². The number of hydrogen-bond donors (Lipinski definition) is 5. The van der Waals surface area contributed by atoms with Crippen LogP contribution < -0.4 is 16.0 Å². The molecular weight excluding hydrogens is 855 g/mol. The lowest BCUT2D eigenvalue weighted by Crippen LogP contribution is -2.41. The lowest BCUT2D eigenvalue weighted by atomic mass is 9.89. The van der Waals surface area contributed by atoms with Gasteiger partial charge in [0.25, 0.3) is 0 Å². The second-order valence-electron chi connectivity index (χ2n) is 17.6. The van der Waals surface area contributed by atoms with Gasteiger partial charge in [-0.3, -0.25) is 33.6 Å². The van der Waals surface area contributed by atoms with Crippen LogP contribution in [0.15, 0.2) is 0 Å². The summed E-state index contributed by atoms with van der Waals surface area (Å²) in [5.74, 6) is -3.30. The Morgan fingerprint density at radius 1 is 0.485 bits per heavy atom. The van der Waals surface area contributed by atoms with Crippen LogP contribution in [0.25, 0.3) is 0 Å². The van der Waals surface area contributed by atoms with E-state index in [1.165, 1.54) is 6.42 Å². The molecule has 382 valence electrons. The van der Waals surface area contributed by atoms with Crippen molar-refractivity contribution in [1.82, 2.24) is 16.0 Å². The van der Waals surface area contributed by atoms with E-state index in [4.69, 9.17) is 18.9 Å². The van der Waals surface area contributed by atoms with Gasteiger partial charge in [0.2, 0.25) is 17.7 Å². The summed E-state index contributed by atoms with van der Waals surface area (Å²) in [5.41, 5.74) is 0. The molecule has 0 spiro atoms. The number of Topliss-reactive ketones (excluding diaryl/α,β-unsaturated/α-hetero) is 3. The number of nitrogens with one attached hydrogen (secondary N) is 3. The summed E-state index contributed by atoms with van der Waals surface area (Å²) < 4.78 is 21.5. The number of carboxylic acids is 2. The average Bonchev–Trinajstić information content (AvgIpc) is 3.26. The summed E-state index contributed by atoms with van der Waals surface area (Å²) in [7, 11) is 0. The molecule has 5 N–H and O–H groups in total. The highest BCUT2D eigenvalue weighted by Gasteiger charge is 2.24. The molecule has 0 aliphatic heterocycles. The fourth-order valence-electron chi connectivity index (χ4n) is 7.23. The highest BCUT2D eigenvalue weighted by Crippen LogP contribution is 2.19. The summed E-state index contributed by atoms with van der Waals surface area (Å²) in [5, 5.41) is 26.8. The van der Waals surface area contributed by atoms with E-state index in [0.717, 1.165) is 89.9 Å². The van der Waals surface area contributed by atoms with E-state index in [2.05, 4.69) is 16.0 Å². The third-order valence-corrected chi connectivity index (χ3v) is 11.4. The molecule has 0 rings (SSSR count). The lowest BCUT2D eigenvalue weighted by molar-refractivity contribution is -0.145. The second kappa shape index (κ2) is 42.5. The van der Waals surface area contributed by atoms with Crippen molar-refractivity contribution in [2.45, 2.75) is 181 Å². The Kier molecular flexibility index (Phi) is 40.1. The molecule has 0 bridgehead atoms. The van der Waals surface area contributed by atoms with Crippen LogP contribution in [-0.4, -0.2) is 129 Å². The molecule has 0 radical (unpaired) electrons. The smallest absolute Gasteiger partial charge is 0.326 e. The van der Waals surface area contributed by atoms with Crippen molar-refractivity contribution in [3.05, 3.63) is 0 Å². The summed E-state index contributed by atoms with van der Waals surface area (Å²) in [6.07, 6.45) is 17.2. The minimum atomic E-state index is -1.17. The quantitative estimate of drug-likeness (QED) is 0.0406. The molecule has 0 aromatic carbocycles. The number of carboxylic acid groups (broad SMARTS) is 2. The van der Waals surface area contributed by atoms with Crippen molar-refractivity contribution in [3.63, 3.8) is 0 Å². The summed E-state index contributed by atoms with van der Waals surface area (Å²) in [4.78, 5) is 95.1. The summed E-state index contributed by atoms with van der Waals surface area (Å²) in [6.45, 7) is 9.44. The minimum Gasteiger partial charge on any atom is -0.481 e. The first-order valence-corrected chi connectivity index (χ1v) is 24.8. The molecule has 0 aliphatic rings. The van der Waals surface area contributed by atoms with Gasteiger partial charge >= 0.3 is 11.9 Å². The van der Waals surface area contributed by atoms with Crippen molar-refractivity contribution in [3.8, 4) is 0 Å². The van der Waals surface area contributed by atoms with Gasteiger partial charge in [-0.25, -0.2) is 4.79 Å². The minimum absolute atomic E-state index is 0.0244. The Labute approximate surface area is 394 Å². The number of hydrogen-bond acceptors (Lipinski definition) is 12. The van der Waals surface area contributed by atoms with Gasteiger partial charge in [-0.15, -0.1) is 0 Å².